The first kappa shape index (κ1) is 18.8. The zero-order valence-electron chi connectivity index (χ0n) is 13.8. The maximum atomic E-state index is 12.7. The molecular weight excluding hydrogens is 380 g/mol. The number of amides is 1. The van der Waals surface area contributed by atoms with E-state index in [0.29, 0.717) is 16.6 Å². The van der Waals surface area contributed by atoms with Crippen LogP contribution >= 0.6 is 11.6 Å². The average molecular weight is 394 g/mol. The number of Topliss-reactive ketones (excluding diaryl/α,β-unsaturated/α-hetero) is 1. The predicted molar refractivity (Wildman–Crippen MR) is 95.6 cm³/mol. The van der Waals surface area contributed by atoms with E-state index < -0.39 is 18.9 Å². The summed E-state index contributed by atoms with van der Waals surface area (Å²) in [5.74, 6) is -0.913. The molecule has 140 valence electrons. The second kappa shape index (κ2) is 7.71. The van der Waals surface area contributed by atoms with Crippen LogP contribution in [0.1, 0.15) is 26.3 Å². The molecule has 0 aliphatic carbocycles. The summed E-state index contributed by atoms with van der Waals surface area (Å²) in [6, 6.07) is 7.30. The Kier molecular flexibility index (Phi) is 5.36. The van der Waals surface area contributed by atoms with Crippen LogP contribution in [0.2, 0.25) is 5.02 Å². The molecule has 0 aliphatic heterocycles. The summed E-state index contributed by atoms with van der Waals surface area (Å²) in [7, 11) is 0. The van der Waals surface area contributed by atoms with Crippen LogP contribution in [0.3, 0.4) is 0 Å². The Morgan fingerprint density at radius 2 is 2.00 bits per heavy atom. The van der Waals surface area contributed by atoms with E-state index in [-0.39, 0.29) is 34.1 Å². The zero-order chi connectivity index (χ0) is 19.6. The van der Waals surface area contributed by atoms with Gasteiger partial charge in [0, 0.05) is 12.0 Å². The fourth-order valence-corrected chi connectivity index (χ4v) is 2.87. The number of halogens is 3. The maximum Gasteiger partial charge on any atom is 0.272 e. The van der Waals surface area contributed by atoms with E-state index in [1.54, 1.807) is 6.07 Å². The first-order valence-electron chi connectivity index (χ1n) is 7.84. The second-order valence-corrected chi connectivity index (χ2v) is 6.16. The van der Waals surface area contributed by atoms with Gasteiger partial charge >= 0.3 is 0 Å². The smallest absolute Gasteiger partial charge is 0.272 e. The molecule has 1 heterocycles. The van der Waals surface area contributed by atoms with Gasteiger partial charge in [0.15, 0.2) is 5.78 Å². The highest BCUT2D eigenvalue weighted by Crippen LogP contribution is 2.25. The number of carbonyl (C=O) groups excluding carboxylic acids is 2. The van der Waals surface area contributed by atoms with Crippen molar-refractivity contribution in [2.75, 3.05) is 6.61 Å². The first-order chi connectivity index (χ1) is 12.8. The van der Waals surface area contributed by atoms with Crippen molar-refractivity contribution in [3.05, 3.63) is 58.4 Å². The van der Waals surface area contributed by atoms with Crippen molar-refractivity contribution in [1.82, 2.24) is 9.97 Å². The first-order valence-corrected chi connectivity index (χ1v) is 8.22. The van der Waals surface area contributed by atoms with E-state index in [1.807, 2.05) is 0 Å². The SMILES string of the molecule is NC(=O)c1cc(CC(=O)c2cc(OCC(F)F)ccc2Cl)cc2[nH]cnc12. The minimum absolute atomic E-state index is 0.0761. The lowest BCUT2D eigenvalue weighted by molar-refractivity contribution is 0.0818. The quantitative estimate of drug-likeness (QED) is 0.601. The summed E-state index contributed by atoms with van der Waals surface area (Å²) in [4.78, 5) is 31.2. The fraction of sp³-hybridized carbons (Fsp3) is 0.167. The van der Waals surface area contributed by atoms with E-state index in [9.17, 15) is 18.4 Å². The number of nitrogens with two attached hydrogens (primary N) is 1. The van der Waals surface area contributed by atoms with Crippen LogP contribution in [0.25, 0.3) is 11.0 Å². The van der Waals surface area contributed by atoms with Gasteiger partial charge in [0.2, 0.25) is 0 Å². The number of imidazole rings is 1. The number of ketones is 1. The van der Waals surface area contributed by atoms with Gasteiger partial charge in [-0.1, -0.05) is 11.6 Å². The van der Waals surface area contributed by atoms with E-state index >= 15 is 0 Å². The molecule has 3 rings (SSSR count). The number of alkyl halides is 2. The molecule has 0 radical (unpaired) electrons. The molecule has 2 aromatic carbocycles. The van der Waals surface area contributed by atoms with Gasteiger partial charge in [-0.3, -0.25) is 9.59 Å². The summed E-state index contributed by atoms with van der Waals surface area (Å²) >= 11 is 6.06. The number of ether oxygens (including phenoxy) is 1. The van der Waals surface area contributed by atoms with E-state index in [0.717, 1.165) is 0 Å². The lowest BCUT2D eigenvalue weighted by Crippen LogP contribution is -2.13. The fourth-order valence-electron chi connectivity index (χ4n) is 2.65. The Bertz CT molecular complexity index is 1020. The lowest BCUT2D eigenvalue weighted by atomic mass is 10.00. The Labute approximate surface area is 157 Å². The molecule has 1 aromatic heterocycles. The number of carbonyl (C=O) groups is 2. The number of hydrogen-bond donors (Lipinski definition) is 2. The van der Waals surface area contributed by atoms with Gasteiger partial charge in [-0.15, -0.1) is 0 Å². The van der Waals surface area contributed by atoms with Crippen molar-refractivity contribution in [3.63, 3.8) is 0 Å². The normalized spacial score (nSPS) is 11.1. The van der Waals surface area contributed by atoms with Crippen LogP contribution in [0, 0.1) is 0 Å². The Morgan fingerprint density at radius 3 is 2.70 bits per heavy atom. The highest BCUT2D eigenvalue weighted by molar-refractivity contribution is 6.34. The Balaban J connectivity index is 1.88. The number of aromatic amines is 1. The molecule has 0 unspecified atom stereocenters. The largest absolute Gasteiger partial charge is 0.488 e. The Morgan fingerprint density at radius 1 is 1.22 bits per heavy atom. The summed E-state index contributed by atoms with van der Waals surface area (Å²) in [5, 5.41) is 0.169. The van der Waals surface area contributed by atoms with Crippen LogP contribution in [-0.2, 0) is 6.42 Å². The van der Waals surface area contributed by atoms with Gasteiger partial charge in [-0.2, -0.15) is 0 Å². The molecule has 3 N–H and O–H groups in total. The van der Waals surface area contributed by atoms with Crippen LogP contribution < -0.4 is 10.5 Å². The summed E-state index contributed by atoms with van der Waals surface area (Å²) in [6.07, 6.45) is -1.29. The molecule has 0 atom stereocenters. The number of rotatable bonds is 7. The minimum atomic E-state index is -2.63. The predicted octanol–water partition coefficient (Wildman–Crippen LogP) is 3.38. The molecular formula is C18H14ClF2N3O3. The number of primary amides is 1. The van der Waals surface area contributed by atoms with Crippen molar-refractivity contribution in [1.29, 1.82) is 0 Å². The van der Waals surface area contributed by atoms with Gasteiger partial charge in [0.25, 0.3) is 12.3 Å². The minimum Gasteiger partial charge on any atom is -0.488 e. The van der Waals surface area contributed by atoms with Crippen molar-refractivity contribution in [3.8, 4) is 5.75 Å². The molecule has 0 aliphatic rings. The third-order valence-electron chi connectivity index (χ3n) is 3.83. The van der Waals surface area contributed by atoms with Crippen LogP contribution in [0.4, 0.5) is 8.78 Å². The van der Waals surface area contributed by atoms with Crippen LogP contribution in [0.15, 0.2) is 36.7 Å². The average Bonchev–Trinajstić information content (AvgIpc) is 3.08. The number of H-pyrrole nitrogens is 1. The highest BCUT2D eigenvalue weighted by atomic mass is 35.5. The van der Waals surface area contributed by atoms with E-state index in [1.165, 1.54) is 30.6 Å². The number of hydrogen-bond acceptors (Lipinski definition) is 4. The summed E-state index contributed by atoms with van der Waals surface area (Å²) in [5.41, 5.74) is 7.21. The highest BCUT2D eigenvalue weighted by Gasteiger charge is 2.17. The Hall–Kier alpha value is -3.00. The van der Waals surface area contributed by atoms with Gasteiger partial charge in [0.05, 0.1) is 22.4 Å². The summed E-state index contributed by atoms with van der Waals surface area (Å²) < 4.78 is 29.5. The molecule has 6 nitrogen and oxygen atoms in total. The molecule has 1 amide bonds. The third-order valence-corrected chi connectivity index (χ3v) is 4.16. The molecule has 0 saturated carbocycles. The van der Waals surface area contributed by atoms with Gasteiger partial charge in [-0.25, -0.2) is 13.8 Å². The number of nitrogens with one attached hydrogen (secondary N) is 1. The van der Waals surface area contributed by atoms with Crippen molar-refractivity contribution < 1.29 is 23.1 Å². The monoisotopic (exact) mass is 393 g/mol. The van der Waals surface area contributed by atoms with Crippen molar-refractivity contribution in [2.24, 2.45) is 5.73 Å². The second-order valence-electron chi connectivity index (χ2n) is 5.75. The standard InChI is InChI=1S/C18H14ClF2N3O3/c19-13-2-1-10(27-7-16(20)21)6-11(13)15(25)5-9-3-12(18(22)26)17-14(4-9)23-8-24-17/h1-4,6,8,16H,5,7H2,(H2,22,26)(H,23,24). The topological polar surface area (TPSA) is 98.1 Å². The molecule has 0 fully saturated rings. The molecule has 0 bridgehead atoms. The summed E-state index contributed by atoms with van der Waals surface area (Å²) in [6.45, 7) is -0.784. The van der Waals surface area contributed by atoms with E-state index in [4.69, 9.17) is 22.1 Å². The molecule has 0 saturated heterocycles. The molecule has 3 aromatic rings. The molecule has 9 heteroatoms. The zero-order valence-corrected chi connectivity index (χ0v) is 14.6. The van der Waals surface area contributed by atoms with Crippen molar-refractivity contribution >= 4 is 34.3 Å². The van der Waals surface area contributed by atoms with Gasteiger partial charge in [-0.05, 0) is 35.9 Å². The van der Waals surface area contributed by atoms with Crippen molar-refractivity contribution in [2.45, 2.75) is 12.8 Å². The number of fused-ring (bicyclic) bond motifs is 1. The van der Waals surface area contributed by atoms with Gasteiger partial charge in [0.1, 0.15) is 17.9 Å². The van der Waals surface area contributed by atoms with E-state index in [2.05, 4.69) is 9.97 Å². The number of nitrogens with zero attached hydrogens (tertiary/aromatic N) is 1. The molecule has 27 heavy (non-hydrogen) atoms. The lowest BCUT2D eigenvalue weighted by Gasteiger charge is -2.09. The maximum absolute atomic E-state index is 12.7. The number of aromatic nitrogens is 2. The molecule has 0 spiro atoms. The van der Waals surface area contributed by atoms with Gasteiger partial charge < -0.3 is 15.5 Å². The third kappa shape index (κ3) is 4.22. The number of benzene rings is 2. The van der Waals surface area contributed by atoms with Crippen LogP contribution in [-0.4, -0.2) is 34.7 Å². The van der Waals surface area contributed by atoms with Crippen LogP contribution in [0.5, 0.6) is 5.75 Å².